The van der Waals surface area contributed by atoms with Gasteiger partial charge in [0.2, 0.25) is 5.82 Å². The number of fused-ring (bicyclic) bond motifs is 1. The van der Waals surface area contributed by atoms with Crippen molar-refractivity contribution in [3.05, 3.63) is 59.6 Å². The predicted octanol–water partition coefficient (Wildman–Crippen LogP) is 3.40. The Morgan fingerprint density at radius 2 is 1.76 bits per heavy atom. The lowest BCUT2D eigenvalue weighted by Gasteiger charge is -2.01. The lowest BCUT2D eigenvalue weighted by molar-refractivity contribution is 1.19. The van der Waals surface area contributed by atoms with Gasteiger partial charge in [0.1, 0.15) is 11.3 Å². The van der Waals surface area contributed by atoms with Gasteiger partial charge < -0.3 is 0 Å². The second kappa shape index (κ2) is 3.83. The Labute approximate surface area is 97.5 Å². The van der Waals surface area contributed by atoms with Crippen molar-refractivity contribution < 1.29 is 0 Å². The maximum absolute atomic E-state index is 10.8. The summed E-state index contributed by atoms with van der Waals surface area (Å²) in [6.45, 7) is 0. The summed E-state index contributed by atoms with van der Waals surface area (Å²) < 4.78 is 1.87. The van der Waals surface area contributed by atoms with Gasteiger partial charge in [-0.15, -0.1) is 4.91 Å². The smallest absolute Gasteiger partial charge is 0.223 e. The molecule has 0 aliphatic heterocycles. The number of rotatable bonds is 2. The van der Waals surface area contributed by atoms with Crippen LogP contribution in [0.4, 0.5) is 5.82 Å². The van der Waals surface area contributed by atoms with Crippen molar-refractivity contribution in [2.75, 3.05) is 0 Å². The molecule has 0 N–H and O–H groups in total. The second-order valence-corrected chi connectivity index (χ2v) is 3.67. The Bertz CT molecular complexity index is 673. The fourth-order valence-electron chi connectivity index (χ4n) is 1.91. The first kappa shape index (κ1) is 9.72. The third kappa shape index (κ3) is 1.50. The SMILES string of the molecule is O=Nc1nc2ccccn2c1-c1ccccc1. The molecule has 4 nitrogen and oxygen atoms in total. The van der Waals surface area contributed by atoms with Gasteiger partial charge in [-0.05, 0) is 17.3 Å². The molecule has 0 bridgehead atoms. The summed E-state index contributed by atoms with van der Waals surface area (Å²) in [5.74, 6) is 0.224. The minimum atomic E-state index is 0.224. The van der Waals surface area contributed by atoms with Crippen molar-refractivity contribution >= 4 is 11.5 Å². The van der Waals surface area contributed by atoms with Crippen LogP contribution in [0.3, 0.4) is 0 Å². The molecule has 0 saturated carbocycles. The monoisotopic (exact) mass is 223 g/mol. The number of hydrogen-bond donors (Lipinski definition) is 0. The zero-order valence-corrected chi connectivity index (χ0v) is 8.95. The highest BCUT2D eigenvalue weighted by atomic mass is 16.3. The molecule has 3 aromatic rings. The molecule has 4 heteroatoms. The normalized spacial score (nSPS) is 10.6. The Hall–Kier alpha value is -2.49. The molecule has 0 amide bonds. The molecule has 0 spiro atoms. The topological polar surface area (TPSA) is 46.7 Å². The van der Waals surface area contributed by atoms with Crippen molar-refractivity contribution in [3.63, 3.8) is 0 Å². The summed E-state index contributed by atoms with van der Waals surface area (Å²) in [5, 5.41) is 3.00. The van der Waals surface area contributed by atoms with Crippen molar-refractivity contribution in [3.8, 4) is 11.3 Å². The molecule has 0 aliphatic rings. The maximum atomic E-state index is 10.8. The maximum Gasteiger partial charge on any atom is 0.223 e. The molecular weight excluding hydrogens is 214 g/mol. The number of benzene rings is 1. The van der Waals surface area contributed by atoms with E-state index >= 15 is 0 Å². The lowest BCUT2D eigenvalue weighted by Crippen LogP contribution is -1.86. The van der Waals surface area contributed by atoms with E-state index in [0.717, 1.165) is 16.9 Å². The van der Waals surface area contributed by atoms with Crippen LogP contribution in [0, 0.1) is 4.91 Å². The minimum absolute atomic E-state index is 0.224. The molecule has 0 atom stereocenters. The summed E-state index contributed by atoms with van der Waals surface area (Å²) in [7, 11) is 0. The van der Waals surface area contributed by atoms with Gasteiger partial charge in [0.15, 0.2) is 0 Å². The average Bonchev–Trinajstić information content (AvgIpc) is 2.78. The van der Waals surface area contributed by atoms with E-state index < -0.39 is 0 Å². The Kier molecular flexibility index (Phi) is 2.19. The van der Waals surface area contributed by atoms with E-state index in [-0.39, 0.29) is 5.82 Å². The molecule has 0 aliphatic carbocycles. The molecule has 2 aromatic heterocycles. The van der Waals surface area contributed by atoms with E-state index in [4.69, 9.17) is 0 Å². The quantitative estimate of drug-likeness (QED) is 0.625. The average molecular weight is 223 g/mol. The number of nitrogens with zero attached hydrogens (tertiary/aromatic N) is 3. The Morgan fingerprint density at radius 3 is 2.53 bits per heavy atom. The van der Waals surface area contributed by atoms with E-state index in [1.165, 1.54) is 0 Å². The van der Waals surface area contributed by atoms with Gasteiger partial charge in [-0.1, -0.05) is 36.4 Å². The molecule has 0 radical (unpaired) electrons. The van der Waals surface area contributed by atoms with Crippen LogP contribution in [0.15, 0.2) is 59.9 Å². The zero-order valence-electron chi connectivity index (χ0n) is 8.95. The van der Waals surface area contributed by atoms with Crippen molar-refractivity contribution in [2.24, 2.45) is 5.18 Å². The summed E-state index contributed by atoms with van der Waals surface area (Å²) >= 11 is 0. The van der Waals surface area contributed by atoms with Gasteiger partial charge in [0.05, 0.1) is 0 Å². The van der Waals surface area contributed by atoms with Crippen LogP contribution in [-0.4, -0.2) is 9.38 Å². The third-order valence-corrected chi connectivity index (χ3v) is 2.65. The number of aromatic nitrogens is 2. The van der Waals surface area contributed by atoms with Gasteiger partial charge in [-0.2, -0.15) is 0 Å². The van der Waals surface area contributed by atoms with Crippen LogP contribution in [0.25, 0.3) is 16.9 Å². The molecule has 1 aromatic carbocycles. The highest BCUT2D eigenvalue weighted by molar-refractivity contribution is 5.74. The molecule has 17 heavy (non-hydrogen) atoms. The van der Waals surface area contributed by atoms with Crippen molar-refractivity contribution in [1.82, 2.24) is 9.38 Å². The summed E-state index contributed by atoms with van der Waals surface area (Å²) in [5.41, 5.74) is 2.39. The van der Waals surface area contributed by atoms with Crippen LogP contribution >= 0.6 is 0 Å². The van der Waals surface area contributed by atoms with E-state index in [1.54, 1.807) is 0 Å². The van der Waals surface area contributed by atoms with E-state index in [0.29, 0.717) is 0 Å². The van der Waals surface area contributed by atoms with Crippen molar-refractivity contribution in [2.45, 2.75) is 0 Å². The highest BCUT2D eigenvalue weighted by Crippen LogP contribution is 2.30. The largest absolute Gasteiger partial charge is 0.297 e. The fraction of sp³-hybridized carbons (Fsp3) is 0. The summed E-state index contributed by atoms with van der Waals surface area (Å²) in [6.07, 6.45) is 1.87. The summed E-state index contributed by atoms with van der Waals surface area (Å²) in [6, 6.07) is 15.3. The molecule has 0 saturated heterocycles. The molecule has 3 rings (SSSR count). The first-order valence-corrected chi connectivity index (χ1v) is 5.26. The first-order chi connectivity index (χ1) is 8.40. The van der Waals surface area contributed by atoms with Crippen LogP contribution in [0.1, 0.15) is 0 Å². The zero-order chi connectivity index (χ0) is 11.7. The molecule has 0 fully saturated rings. The number of nitroso groups, excluding NO2 is 1. The van der Waals surface area contributed by atoms with E-state index in [1.807, 2.05) is 59.1 Å². The molecule has 0 unspecified atom stereocenters. The highest BCUT2D eigenvalue weighted by Gasteiger charge is 2.13. The second-order valence-electron chi connectivity index (χ2n) is 3.67. The predicted molar refractivity (Wildman–Crippen MR) is 66.1 cm³/mol. The number of imidazole rings is 1. The van der Waals surface area contributed by atoms with Crippen LogP contribution in [0.2, 0.25) is 0 Å². The number of pyridine rings is 1. The van der Waals surface area contributed by atoms with Gasteiger partial charge in [0.25, 0.3) is 0 Å². The molecule has 2 heterocycles. The summed E-state index contributed by atoms with van der Waals surface area (Å²) in [4.78, 5) is 15.0. The molecule has 82 valence electrons. The van der Waals surface area contributed by atoms with Gasteiger partial charge in [0, 0.05) is 11.8 Å². The molecular formula is C13H9N3O. The number of hydrogen-bond acceptors (Lipinski definition) is 3. The van der Waals surface area contributed by atoms with Gasteiger partial charge in [-0.3, -0.25) is 4.40 Å². The van der Waals surface area contributed by atoms with Crippen LogP contribution in [0.5, 0.6) is 0 Å². The van der Waals surface area contributed by atoms with Gasteiger partial charge >= 0.3 is 0 Å². The first-order valence-electron chi connectivity index (χ1n) is 5.26. The Morgan fingerprint density at radius 1 is 1.00 bits per heavy atom. The van der Waals surface area contributed by atoms with E-state index in [2.05, 4.69) is 10.2 Å². The van der Waals surface area contributed by atoms with Crippen molar-refractivity contribution in [1.29, 1.82) is 0 Å². The minimum Gasteiger partial charge on any atom is -0.297 e. The van der Waals surface area contributed by atoms with E-state index in [9.17, 15) is 4.91 Å². The lowest BCUT2D eigenvalue weighted by atomic mass is 10.1. The Balaban J connectivity index is 2.38. The van der Waals surface area contributed by atoms with Crippen LogP contribution < -0.4 is 0 Å². The fourth-order valence-corrected chi connectivity index (χ4v) is 1.91. The third-order valence-electron chi connectivity index (χ3n) is 2.65. The van der Waals surface area contributed by atoms with Gasteiger partial charge in [-0.25, -0.2) is 4.98 Å². The standard InChI is InChI=1S/C13H9N3O/c17-15-13-12(10-6-2-1-3-7-10)16-9-5-4-8-11(16)14-13/h1-9H. The van der Waals surface area contributed by atoms with Crippen LogP contribution in [-0.2, 0) is 0 Å².